The van der Waals surface area contributed by atoms with Crippen molar-refractivity contribution in [2.75, 3.05) is 26.3 Å². The number of amidine groups is 1. The first kappa shape index (κ1) is 19.4. The first-order valence-corrected chi connectivity index (χ1v) is 8.55. The zero-order valence-corrected chi connectivity index (χ0v) is 16.0. The number of aliphatic imine (C=N–C) groups is 1. The summed E-state index contributed by atoms with van der Waals surface area (Å²) in [6, 6.07) is 0.490. The van der Waals surface area contributed by atoms with Crippen LogP contribution in [0.15, 0.2) is 4.99 Å². The van der Waals surface area contributed by atoms with E-state index in [0.29, 0.717) is 32.3 Å². The zero-order valence-electron chi connectivity index (χ0n) is 16.0. The number of nitrogens with one attached hydrogen (secondary N) is 1. The molecule has 7 heteroatoms. The van der Waals surface area contributed by atoms with Gasteiger partial charge in [0.05, 0.1) is 19.8 Å². The summed E-state index contributed by atoms with van der Waals surface area (Å²) in [6.45, 7) is 15.7. The minimum Gasteiger partial charge on any atom is -0.460 e. The van der Waals surface area contributed by atoms with E-state index in [1.807, 2.05) is 48.5 Å². The Morgan fingerprint density at radius 2 is 1.58 bits per heavy atom. The molecule has 0 amide bonds. The van der Waals surface area contributed by atoms with Gasteiger partial charge in [-0.1, -0.05) is 0 Å². The van der Waals surface area contributed by atoms with E-state index in [0.717, 1.165) is 0 Å². The number of hydrogen-bond donors (Lipinski definition) is 1. The van der Waals surface area contributed by atoms with Crippen LogP contribution >= 0.6 is 0 Å². The molecule has 2 fully saturated rings. The monoisotopic (exact) mass is 344 g/mol. The van der Waals surface area contributed by atoms with E-state index in [2.05, 4.69) is 10.3 Å². The highest BCUT2D eigenvalue weighted by atomic mass is 16.7. The van der Waals surface area contributed by atoms with Crippen LogP contribution < -0.4 is 5.32 Å². The largest absolute Gasteiger partial charge is 0.460 e. The van der Waals surface area contributed by atoms with Crippen LogP contribution in [0.1, 0.15) is 48.5 Å². The lowest BCUT2D eigenvalue weighted by atomic mass is 10.2. The highest BCUT2D eigenvalue weighted by molar-refractivity contribution is 5.74. The second-order valence-corrected chi connectivity index (χ2v) is 8.14. The lowest BCUT2D eigenvalue weighted by Crippen LogP contribution is -2.39. The van der Waals surface area contributed by atoms with Gasteiger partial charge in [-0.05, 0) is 48.5 Å². The molecule has 0 aromatic rings. The van der Waals surface area contributed by atoms with Gasteiger partial charge >= 0.3 is 0 Å². The summed E-state index contributed by atoms with van der Waals surface area (Å²) in [7, 11) is 0. The number of ether oxygens (including phenoxy) is 5. The highest BCUT2D eigenvalue weighted by Gasteiger charge is 2.34. The summed E-state index contributed by atoms with van der Waals surface area (Å²) in [5.74, 6) is -1.07. The van der Waals surface area contributed by atoms with Crippen LogP contribution in [-0.2, 0) is 23.7 Å². The lowest BCUT2D eigenvalue weighted by Gasteiger charge is -2.24. The second kappa shape index (κ2) is 7.15. The van der Waals surface area contributed by atoms with E-state index in [1.54, 1.807) is 0 Å². The fourth-order valence-corrected chi connectivity index (χ4v) is 2.52. The first-order chi connectivity index (χ1) is 10.9. The third-order valence-corrected chi connectivity index (χ3v) is 3.46. The summed E-state index contributed by atoms with van der Waals surface area (Å²) in [6.07, 6.45) is -0.0934. The quantitative estimate of drug-likeness (QED) is 0.622. The second-order valence-electron chi connectivity index (χ2n) is 8.14. The maximum absolute atomic E-state index is 5.91. The fraction of sp³-hybridized carbons (Fsp3) is 0.941. The van der Waals surface area contributed by atoms with Gasteiger partial charge < -0.3 is 29.0 Å². The van der Waals surface area contributed by atoms with Crippen LogP contribution in [0.5, 0.6) is 0 Å². The molecule has 0 saturated carbocycles. The van der Waals surface area contributed by atoms with Crippen molar-refractivity contribution in [2.24, 2.45) is 4.99 Å². The Labute approximate surface area is 145 Å². The molecule has 1 N–H and O–H groups in total. The minimum absolute atomic E-state index is 0.0289. The van der Waals surface area contributed by atoms with Gasteiger partial charge in [0.15, 0.2) is 11.6 Å². The zero-order chi connectivity index (χ0) is 18.0. The van der Waals surface area contributed by atoms with E-state index in [4.69, 9.17) is 23.7 Å². The molecular weight excluding hydrogens is 312 g/mol. The third-order valence-electron chi connectivity index (χ3n) is 3.46. The molecule has 0 spiro atoms. The Bertz CT molecular complexity index is 456. The topological polar surface area (TPSA) is 70.5 Å². The number of nitrogens with zero attached hydrogens (tertiary/aromatic N) is 1. The summed E-state index contributed by atoms with van der Waals surface area (Å²) >= 11 is 0. The molecule has 2 unspecified atom stereocenters. The Morgan fingerprint density at radius 3 is 2.04 bits per heavy atom. The molecule has 0 aromatic heterocycles. The molecule has 2 rings (SSSR count). The number of hydrogen-bond acceptors (Lipinski definition) is 6. The van der Waals surface area contributed by atoms with Crippen molar-refractivity contribution in [2.45, 2.75) is 77.8 Å². The van der Waals surface area contributed by atoms with Crippen LogP contribution in [0.3, 0.4) is 0 Å². The van der Waals surface area contributed by atoms with Gasteiger partial charge in [0.1, 0.15) is 17.8 Å². The van der Waals surface area contributed by atoms with Gasteiger partial charge in [-0.2, -0.15) is 0 Å². The van der Waals surface area contributed by atoms with Crippen LogP contribution in [-0.4, -0.2) is 61.7 Å². The molecular formula is C17H32N2O5. The van der Waals surface area contributed by atoms with E-state index < -0.39 is 11.6 Å². The van der Waals surface area contributed by atoms with Crippen molar-refractivity contribution in [3.05, 3.63) is 0 Å². The molecule has 0 radical (unpaired) electrons. The van der Waals surface area contributed by atoms with E-state index in [-0.39, 0.29) is 17.8 Å². The van der Waals surface area contributed by atoms with Crippen LogP contribution in [0.25, 0.3) is 0 Å². The van der Waals surface area contributed by atoms with Crippen molar-refractivity contribution >= 4 is 6.02 Å². The Balaban J connectivity index is 1.88. The standard InChI is InChI=1S/C17H32N2O5/c1-15(2,3)24-14(18-8-12-10-20-16(4,5)22-12)19-9-13-11-21-17(6,7)23-13/h12-13H,8-11H2,1-7H3,(H,18,19). The maximum Gasteiger partial charge on any atom is 0.285 e. The first-order valence-electron chi connectivity index (χ1n) is 8.55. The Hall–Kier alpha value is -0.890. The van der Waals surface area contributed by atoms with Crippen molar-refractivity contribution in [1.29, 1.82) is 0 Å². The van der Waals surface area contributed by atoms with E-state index >= 15 is 0 Å². The third kappa shape index (κ3) is 6.55. The van der Waals surface area contributed by atoms with Gasteiger partial charge in [0.2, 0.25) is 0 Å². The lowest BCUT2D eigenvalue weighted by molar-refractivity contribution is -0.137. The number of rotatable bonds is 4. The Morgan fingerprint density at radius 1 is 1.04 bits per heavy atom. The molecule has 2 aliphatic rings. The average Bonchev–Trinajstić information content (AvgIpc) is 2.93. The highest BCUT2D eigenvalue weighted by Crippen LogP contribution is 2.23. The summed E-state index contributed by atoms with van der Waals surface area (Å²) < 4.78 is 28.6. The van der Waals surface area contributed by atoms with Gasteiger partial charge in [-0.15, -0.1) is 0 Å². The molecule has 140 valence electrons. The Kier molecular flexibility index (Phi) is 5.79. The molecule has 2 atom stereocenters. The van der Waals surface area contributed by atoms with Crippen LogP contribution in [0.2, 0.25) is 0 Å². The molecule has 0 bridgehead atoms. The molecule has 2 aliphatic heterocycles. The van der Waals surface area contributed by atoms with Crippen molar-refractivity contribution in [3.8, 4) is 0 Å². The van der Waals surface area contributed by atoms with Gasteiger partial charge in [-0.25, -0.2) is 4.99 Å². The van der Waals surface area contributed by atoms with Crippen molar-refractivity contribution in [1.82, 2.24) is 5.32 Å². The van der Waals surface area contributed by atoms with Crippen LogP contribution in [0.4, 0.5) is 0 Å². The summed E-state index contributed by atoms with van der Waals surface area (Å²) in [5.41, 5.74) is -0.343. The van der Waals surface area contributed by atoms with Gasteiger partial charge in [-0.3, -0.25) is 0 Å². The van der Waals surface area contributed by atoms with E-state index in [1.165, 1.54) is 0 Å². The molecule has 7 nitrogen and oxygen atoms in total. The molecule has 0 aromatic carbocycles. The SMILES string of the molecule is CC(C)(C)OC(=NCC1COC(C)(C)O1)NCC1COC(C)(C)O1. The fourth-order valence-electron chi connectivity index (χ4n) is 2.52. The van der Waals surface area contributed by atoms with Crippen molar-refractivity contribution in [3.63, 3.8) is 0 Å². The smallest absolute Gasteiger partial charge is 0.285 e. The van der Waals surface area contributed by atoms with Crippen molar-refractivity contribution < 1.29 is 23.7 Å². The molecule has 2 saturated heterocycles. The molecule has 24 heavy (non-hydrogen) atoms. The normalized spacial score (nSPS) is 29.7. The minimum atomic E-state index is -0.542. The summed E-state index contributed by atoms with van der Waals surface area (Å²) in [5, 5.41) is 3.23. The predicted molar refractivity (Wildman–Crippen MR) is 91.0 cm³/mol. The van der Waals surface area contributed by atoms with Crippen LogP contribution in [0, 0.1) is 0 Å². The summed E-state index contributed by atoms with van der Waals surface area (Å²) in [4.78, 5) is 4.54. The van der Waals surface area contributed by atoms with Gasteiger partial charge in [0, 0.05) is 6.54 Å². The van der Waals surface area contributed by atoms with E-state index in [9.17, 15) is 0 Å². The molecule has 2 heterocycles. The predicted octanol–water partition coefficient (Wildman–Crippen LogP) is 2.05. The molecule has 0 aliphatic carbocycles. The average molecular weight is 344 g/mol. The maximum atomic E-state index is 5.91. The van der Waals surface area contributed by atoms with Gasteiger partial charge in [0.25, 0.3) is 6.02 Å².